The van der Waals surface area contributed by atoms with Gasteiger partial charge in [0.2, 0.25) is 0 Å². The zero-order valence-corrected chi connectivity index (χ0v) is 18.2. The van der Waals surface area contributed by atoms with Crippen LogP contribution in [0.15, 0.2) is 42.7 Å². The van der Waals surface area contributed by atoms with Gasteiger partial charge in [-0.15, -0.1) is 0 Å². The molecule has 0 bridgehead atoms. The molecule has 6 nitrogen and oxygen atoms in total. The van der Waals surface area contributed by atoms with Crippen LogP contribution in [0.5, 0.6) is 0 Å². The second-order valence-electron chi connectivity index (χ2n) is 9.46. The Bertz CT molecular complexity index is 1130. The number of ether oxygens (including phenoxy) is 1. The van der Waals surface area contributed by atoms with E-state index in [1.165, 1.54) is 12.5 Å². The molecule has 5 rings (SSSR count). The lowest BCUT2D eigenvalue weighted by molar-refractivity contribution is -0.162. The molecule has 3 aromatic rings. The lowest BCUT2D eigenvalue weighted by Gasteiger charge is -2.39. The first-order valence-corrected chi connectivity index (χ1v) is 11.0. The van der Waals surface area contributed by atoms with Crippen molar-refractivity contribution >= 4 is 11.0 Å². The topological polar surface area (TPSA) is 87.7 Å². The summed E-state index contributed by atoms with van der Waals surface area (Å²) in [5, 5.41) is 35.2. The van der Waals surface area contributed by atoms with Gasteiger partial charge in [0.1, 0.15) is 29.1 Å². The molecule has 164 valence electrons. The Balaban J connectivity index is 1.57. The number of hydrogen-bond donors (Lipinski definition) is 3. The van der Waals surface area contributed by atoms with Crippen LogP contribution in [-0.4, -0.2) is 42.7 Å². The van der Waals surface area contributed by atoms with E-state index in [4.69, 9.17) is 4.74 Å². The van der Waals surface area contributed by atoms with Crippen molar-refractivity contribution in [1.29, 1.82) is 0 Å². The smallest absolute Gasteiger partial charge is 0.164 e. The number of pyridine rings is 1. The first kappa shape index (κ1) is 20.6. The lowest BCUT2D eigenvalue weighted by Crippen LogP contribution is -2.54. The second-order valence-corrected chi connectivity index (χ2v) is 9.46. The third-order valence-electron chi connectivity index (χ3n) is 7.23. The molecule has 2 aromatic heterocycles. The molecule has 1 aromatic carbocycles. The maximum atomic E-state index is 11.7. The van der Waals surface area contributed by atoms with Crippen LogP contribution in [0.25, 0.3) is 11.0 Å². The molecule has 3 N–H and O–H groups in total. The molecule has 0 saturated carbocycles. The molecule has 0 amide bonds. The van der Waals surface area contributed by atoms with E-state index in [9.17, 15) is 15.3 Å². The minimum absolute atomic E-state index is 0.678. The number of nitrogens with zero attached hydrogens (tertiary/aromatic N) is 2. The highest BCUT2D eigenvalue weighted by molar-refractivity contribution is 5.79. The Morgan fingerprint density at radius 1 is 1.19 bits per heavy atom. The summed E-state index contributed by atoms with van der Waals surface area (Å²) in [6.45, 7) is 5.22. The van der Waals surface area contributed by atoms with Crippen LogP contribution in [-0.2, 0) is 23.2 Å². The Hall–Kier alpha value is -2.25. The van der Waals surface area contributed by atoms with Gasteiger partial charge in [-0.05, 0) is 80.8 Å². The van der Waals surface area contributed by atoms with Crippen LogP contribution in [0.2, 0.25) is 0 Å². The maximum absolute atomic E-state index is 11.7. The molecule has 6 heteroatoms. The summed E-state index contributed by atoms with van der Waals surface area (Å²) in [5.41, 5.74) is 1.77. The van der Waals surface area contributed by atoms with Gasteiger partial charge >= 0.3 is 0 Å². The molecule has 1 aliphatic heterocycles. The average molecular weight is 423 g/mol. The van der Waals surface area contributed by atoms with Gasteiger partial charge in [0.05, 0.1) is 0 Å². The molecule has 5 atom stereocenters. The summed E-state index contributed by atoms with van der Waals surface area (Å²) >= 11 is 0. The van der Waals surface area contributed by atoms with Crippen molar-refractivity contribution in [1.82, 2.24) is 9.55 Å². The minimum Gasteiger partial charge on any atom is -0.385 e. The van der Waals surface area contributed by atoms with Crippen LogP contribution < -0.4 is 0 Å². The van der Waals surface area contributed by atoms with Crippen molar-refractivity contribution in [2.24, 2.45) is 0 Å². The molecule has 1 saturated heterocycles. The molecular weight excluding hydrogens is 392 g/mol. The molecule has 3 heterocycles. The normalized spacial score (nSPS) is 30.3. The van der Waals surface area contributed by atoms with Crippen molar-refractivity contribution in [2.45, 2.75) is 76.1 Å². The summed E-state index contributed by atoms with van der Waals surface area (Å²) in [6.07, 6.45) is 4.53. The summed E-state index contributed by atoms with van der Waals surface area (Å²) in [5.74, 6) is 0. The van der Waals surface area contributed by atoms with Gasteiger partial charge in [0, 0.05) is 17.8 Å². The average Bonchev–Trinajstić information content (AvgIpc) is 3.27. The Morgan fingerprint density at radius 2 is 1.97 bits per heavy atom. The number of benzene rings is 1. The van der Waals surface area contributed by atoms with Crippen molar-refractivity contribution in [2.75, 3.05) is 0 Å². The summed E-state index contributed by atoms with van der Waals surface area (Å²) in [6, 6.07) is 9.85. The van der Waals surface area contributed by atoms with Crippen molar-refractivity contribution in [3.8, 4) is 0 Å². The van der Waals surface area contributed by atoms with E-state index in [1.54, 1.807) is 17.7 Å². The van der Waals surface area contributed by atoms with Crippen LogP contribution in [0.1, 0.15) is 55.2 Å². The largest absolute Gasteiger partial charge is 0.385 e. The first-order chi connectivity index (χ1) is 14.7. The predicted molar refractivity (Wildman–Crippen MR) is 118 cm³/mol. The van der Waals surface area contributed by atoms with Crippen molar-refractivity contribution in [3.63, 3.8) is 0 Å². The fourth-order valence-corrected chi connectivity index (χ4v) is 5.51. The first-order valence-electron chi connectivity index (χ1n) is 11.0. The van der Waals surface area contributed by atoms with E-state index in [0.717, 1.165) is 47.8 Å². The number of aromatic nitrogens is 2. The number of aliphatic hydroxyl groups is 3. The fraction of sp³-hybridized carbons (Fsp3) is 0.480. The zero-order valence-electron chi connectivity index (χ0n) is 18.2. The van der Waals surface area contributed by atoms with Gasteiger partial charge in [0.25, 0.3) is 0 Å². The molecular formula is C25H30N2O4. The molecule has 0 spiro atoms. The molecule has 1 aliphatic carbocycles. The molecule has 31 heavy (non-hydrogen) atoms. The van der Waals surface area contributed by atoms with E-state index in [1.807, 2.05) is 37.4 Å². The van der Waals surface area contributed by atoms with E-state index in [-0.39, 0.29) is 0 Å². The maximum Gasteiger partial charge on any atom is 0.164 e. The molecule has 1 fully saturated rings. The monoisotopic (exact) mass is 422 g/mol. The lowest BCUT2D eigenvalue weighted by atomic mass is 9.75. The van der Waals surface area contributed by atoms with E-state index in [2.05, 4.69) is 11.1 Å². The number of aliphatic hydroxyl groups excluding tert-OH is 1. The molecule has 0 unspecified atom stereocenters. The number of hydrogen-bond acceptors (Lipinski definition) is 5. The number of aryl methyl sites for hydroxylation is 2. The molecule has 2 aliphatic rings. The zero-order chi connectivity index (χ0) is 22.0. The van der Waals surface area contributed by atoms with Crippen molar-refractivity contribution in [3.05, 3.63) is 65.0 Å². The third kappa shape index (κ3) is 3.04. The van der Waals surface area contributed by atoms with E-state index in [0.29, 0.717) is 5.65 Å². The Labute approximate surface area is 182 Å². The van der Waals surface area contributed by atoms with E-state index >= 15 is 0 Å². The highest BCUT2D eigenvalue weighted by atomic mass is 16.6. The van der Waals surface area contributed by atoms with E-state index < -0.39 is 29.6 Å². The summed E-state index contributed by atoms with van der Waals surface area (Å²) < 4.78 is 8.01. The number of fused-ring (bicyclic) bond motifs is 2. The SMILES string of the molecule is Cc1ccnc2c1ccn2[C@@H]1O[C@H]([C@](C)(O)c2cccc3c2CCCC3)[C@@](C)(O)[C@H]1O. The van der Waals surface area contributed by atoms with Crippen LogP contribution >= 0.6 is 0 Å². The number of rotatable bonds is 3. The van der Waals surface area contributed by atoms with Crippen molar-refractivity contribution < 1.29 is 20.1 Å². The van der Waals surface area contributed by atoms with Gasteiger partial charge in [-0.25, -0.2) is 4.98 Å². The van der Waals surface area contributed by atoms with Gasteiger partial charge in [-0.2, -0.15) is 0 Å². The second kappa shape index (κ2) is 7.14. The van der Waals surface area contributed by atoms with Gasteiger partial charge < -0.3 is 24.6 Å². The molecule has 0 radical (unpaired) electrons. The Morgan fingerprint density at radius 3 is 2.77 bits per heavy atom. The van der Waals surface area contributed by atoms with Gasteiger partial charge in [0.15, 0.2) is 6.23 Å². The predicted octanol–water partition coefficient (Wildman–Crippen LogP) is 3.14. The summed E-state index contributed by atoms with van der Waals surface area (Å²) in [4.78, 5) is 4.46. The van der Waals surface area contributed by atoms with Crippen LogP contribution in [0.3, 0.4) is 0 Å². The minimum atomic E-state index is -1.66. The van der Waals surface area contributed by atoms with Gasteiger partial charge in [-0.1, -0.05) is 18.2 Å². The van der Waals surface area contributed by atoms with Crippen LogP contribution in [0.4, 0.5) is 0 Å². The van der Waals surface area contributed by atoms with Gasteiger partial charge in [-0.3, -0.25) is 0 Å². The highest BCUT2D eigenvalue weighted by Gasteiger charge is 2.60. The Kier molecular flexibility index (Phi) is 4.75. The highest BCUT2D eigenvalue weighted by Crippen LogP contribution is 2.47. The third-order valence-corrected chi connectivity index (χ3v) is 7.23. The summed E-state index contributed by atoms with van der Waals surface area (Å²) in [7, 11) is 0. The quantitative estimate of drug-likeness (QED) is 0.604. The van der Waals surface area contributed by atoms with Crippen LogP contribution in [0, 0.1) is 6.92 Å². The fourth-order valence-electron chi connectivity index (χ4n) is 5.51. The standard InChI is InChI=1S/C25H30N2O4/c1-15-11-13-26-21-17(15)12-14-27(21)22-20(28)25(3,30)23(31-22)24(2,29)19-10-6-8-16-7-4-5-9-18(16)19/h6,8,10-14,20,22-23,28-30H,4-5,7,9H2,1-3H3/t20-,22+,23+,24+,25-/m0/s1.